The number of carboxylic acid groups (broad SMARTS) is 6. The molecule has 0 amide bonds. The highest BCUT2D eigenvalue weighted by Crippen LogP contribution is 2.49. The Labute approximate surface area is 872 Å². The van der Waals surface area contributed by atoms with Crippen LogP contribution in [-0.2, 0) is 42.0 Å². The van der Waals surface area contributed by atoms with Gasteiger partial charge < -0.3 is 40.2 Å². The summed E-state index contributed by atoms with van der Waals surface area (Å²) in [5, 5.41) is 63.8. The van der Waals surface area contributed by atoms with Crippen LogP contribution < -0.4 is 11.1 Å². The molecule has 10 aromatic heterocycles. The van der Waals surface area contributed by atoms with E-state index in [1.54, 1.807) is 121 Å². The molecular weight excluding hydrogens is 2010 g/mol. The van der Waals surface area contributed by atoms with Crippen LogP contribution in [0.1, 0.15) is 153 Å². The molecule has 0 aliphatic carbocycles. The fourth-order valence-corrected chi connectivity index (χ4v) is 23.2. The lowest BCUT2D eigenvalue weighted by Crippen LogP contribution is -2.33. The number of pyridine rings is 10. The summed E-state index contributed by atoms with van der Waals surface area (Å²) in [4.78, 5) is 136. The number of carbonyl (C=O) groups is 6. The first kappa shape index (κ1) is 113. The molecule has 35 heteroatoms. The maximum atomic E-state index is 12.9. The van der Waals surface area contributed by atoms with Gasteiger partial charge in [-0.15, -0.1) is 70.6 Å². The topological polar surface area (TPSA) is 382 Å². The summed E-state index contributed by atoms with van der Waals surface area (Å²) in [6.45, 7) is 22.2. The lowest BCUT2D eigenvalue weighted by Gasteiger charge is -2.26. The smallest absolute Gasteiger partial charge is 0.416 e. The zero-order chi connectivity index (χ0) is 106. The van der Waals surface area contributed by atoms with Gasteiger partial charge in [-0.05, 0) is 245 Å². The summed E-state index contributed by atoms with van der Waals surface area (Å²) in [6.07, 6.45) is 20.7. The number of hydrogen-bond donors (Lipinski definition) is 7. The minimum Gasteiger partial charge on any atom is -0.480 e. The number of halogens is 5. The third-order valence-electron chi connectivity index (χ3n) is 25.2. The standard InChI is InChI=1S/C21H22N2O3S.C20H19ClN2O2S.C20H20N2O3S.C18H15ClN2O2S.C16H16F3NO2S.C15H17NO2S/c1-4-21(5-2,20(25)26)27-18-8-10-22-17-7-6-14(12-16(17)18)15-9-11-23(3)19(24)13-15;1-3-20(4-2,19(24)25)26-18-8-10-23-17-6-5-13(11-15(17)18)14-7-9-22-12-16(14)21;1-3-20(4-2,19(24)25)26-17-8-10-21-16-6-5-13(11-15(16)17)14-7-9-22-18(23)12-14;1-18(2,17(22)23)24-16-6-8-21-15-4-3-11(9-13(15)16)12-5-7-20-10-14(12)19;1-3-15(4-2,14(21)22)23-13-7-8-20-12-6-5-10(9-11(12)13)16(17,18)19;1-3-15(4-2,14(17)18)19-13-9-10-16-12-8-6-5-7-11(12)13/h6-13H,4-5H2,1-3H3,(H,25,26);5-12H,3-4H2,1-2H3,(H,24,25);5-12H,3-4H2,1-2H3,(H,22,23)(H,24,25);3-10H,1-2H3,(H,22,23);5-9H,3-4H2,1-2H3,(H,21,22);5-10H,3-4H2,1-2H3,(H,17,18). The molecule has 754 valence electrons. The van der Waals surface area contributed by atoms with Crippen LogP contribution in [0.3, 0.4) is 0 Å². The maximum Gasteiger partial charge on any atom is 0.416 e. The Morgan fingerprint density at radius 3 is 0.931 bits per heavy atom. The summed E-state index contributed by atoms with van der Waals surface area (Å²) in [5.41, 5.74) is 10.7. The van der Waals surface area contributed by atoms with Gasteiger partial charge in [-0.2, -0.15) is 13.2 Å². The van der Waals surface area contributed by atoms with Crippen molar-refractivity contribution in [3.63, 3.8) is 0 Å². The highest BCUT2D eigenvalue weighted by molar-refractivity contribution is 8.03. The molecule has 16 rings (SSSR count). The molecular formula is C110H109Cl2F3N10O14S6. The van der Waals surface area contributed by atoms with E-state index in [0.29, 0.717) is 90.1 Å². The number of H-pyrrole nitrogens is 1. The van der Waals surface area contributed by atoms with E-state index in [1.165, 1.54) is 75.6 Å². The second-order valence-electron chi connectivity index (χ2n) is 34.0. The van der Waals surface area contributed by atoms with Gasteiger partial charge in [0, 0.05) is 166 Å². The van der Waals surface area contributed by atoms with Crippen LogP contribution in [0.15, 0.2) is 301 Å². The molecule has 0 spiro atoms. The van der Waals surface area contributed by atoms with Gasteiger partial charge in [0.1, 0.15) is 28.5 Å². The van der Waals surface area contributed by atoms with Crippen LogP contribution >= 0.6 is 93.8 Å². The second kappa shape index (κ2) is 49.9. The van der Waals surface area contributed by atoms with E-state index in [4.69, 9.17) is 23.2 Å². The second-order valence-corrected chi connectivity index (χ2v) is 43.6. The first-order chi connectivity index (χ1) is 69.1. The molecule has 10 heterocycles. The number of carboxylic acids is 6. The molecule has 0 saturated carbocycles. The Kier molecular flexibility index (Phi) is 38.8. The lowest BCUT2D eigenvalue weighted by atomic mass is 10.0. The largest absolute Gasteiger partial charge is 0.480 e. The summed E-state index contributed by atoms with van der Waals surface area (Å²) < 4.78 is 35.0. The van der Waals surface area contributed by atoms with Crippen LogP contribution in [0.5, 0.6) is 0 Å². The van der Waals surface area contributed by atoms with E-state index in [0.717, 1.165) is 147 Å². The molecule has 0 fully saturated rings. The van der Waals surface area contributed by atoms with Gasteiger partial charge in [0.15, 0.2) is 0 Å². The summed E-state index contributed by atoms with van der Waals surface area (Å²) in [5.74, 6) is -4.96. The first-order valence-electron chi connectivity index (χ1n) is 46.6. The van der Waals surface area contributed by atoms with Crippen molar-refractivity contribution in [1.29, 1.82) is 0 Å². The molecule has 145 heavy (non-hydrogen) atoms. The Bertz CT molecular complexity index is 7530. The fourth-order valence-electron chi connectivity index (χ4n) is 15.7. The number of aromatic amines is 1. The van der Waals surface area contributed by atoms with Crippen molar-refractivity contribution in [1.82, 2.24) is 49.4 Å². The molecule has 0 aliphatic rings. The van der Waals surface area contributed by atoms with Crippen molar-refractivity contribution in [2.45, 2.75) is 211 Å². The normalized spacial score (nSPS) is 11.8. The number of para-hydroxylation sites is 1. The number of nitrogens with one attached hydrogen (secondary N) is 1. The highest BCUT2D eigenvalue weighted by atomic mass is 35.5. The Balaban J connectivity index is 0.000000166. The summed E-state index contributed by atoms with van der Waals surface area (Å²) in [7, 11) is 1.71. The Hall–Kier alpha value is -12.7. The molecule has 24 nitrogen and oxygen atoms in total. The van der Waals surface area contributed by atoms with Crippen molar-refractivity contribution < 1.29 is 72.6 Å². The van der Waals surface area contributed by atoms with Gasteiger partial charge in [0.05, 0.1) is 48.7 Å². The van der Waals surface area contributed by atoms with E-state index in [1.807, 2.05) is 207 Å². The molecule has 0 aliphatic heterocycles. The Morgan fingerprint density at radius 2 is 0.621 bits per heavy atom. The first-order valence-corrected chi connectivity index (χ1v) is 52.2. The van der Waals surface area contributed by atoms with E-state index in [-0.39, 0.29) is 11.1 Å². The number of benzene rings is 6. The van der Waals surface area contributed by atoms with E-state index in [2.05, 4.69) is 44.9 Å². The number of alkyl halides is 3. The predicted octanol–water partition coefficient (Wildman–Crippen LogP) is 28.2. The van der Waals surface area contributed by atoms with Gasteiger partial charge >= 0.3 is 42.0 Å². The predicted molar refractivity (Wildman–Crippen MR) is 580 cm³/mol. The number of aromatic nitrogens is 10. The van der Waals surface area contributed by atoms with Gasteiger partial charge in [-0.25, -0.2) is 0 Å². The number of aryl methyl sites for hydroxylation is 1. The van der Waals surface area contributed by atoms with Gasteiger partial charge in [0.2, 0.25) is 5.56 Å². The quantitative estimate of drug-likeness (QED) is 0.0193. The van der Waals surface area contributed by atoms with Crippen molar-refractivity contribution in [2.75, 3.05) is 0 Å². The van der Waals surface area contributed by atoms with Crippen molar-refractivity contribution in [3.8, 4) is 44.5 Å². The van der Waals surface area contributed by atoms with Gasteiger partial charge in [0.25, 0.3) is 5.56 Å². The van der Waals surface area contributed by atoms with E-state index >= 15 is 0 Å². The minimum absolute atomic E-state index is 0.0738. The van der Waals surface area contributed by atoms with Crippen LogP contribution in [0.2, 0.25) is 10.0 Å². The van der Waals surface area contributed by atoms with Crippen LogP contribution in [-0.4, -0.2) is 144 Å². The molecule has 6 aromatic carbocycles. The van der Waals surface area contributed by atoms with Gasteiger partial charge in [-0.3, -0.25) is 78.2 Å². The van der Waals surface area contributed by atoms with Crippen molar-refractivity contribution in [3.05, 3.63) is 299 Å². The molecule has 7 N–H and O–H groups in total. The SMILES string of the molecule is CC(C)(Sc1ccnc2ccc(-c3ccncc3Cl)cc12)C(=O)O.CCC(CC)(Sc1ccnc2ccc(-c3cc[nH]c(=O)c3)cc12)C(=O)O.CCC(CC)(Sc1ccnc2ccc(-c3ccn(C)c(=O)c3)cc12)C(=O)O.CCC(CC)(Sc1ccnc2ccc(-c3ccncc3Cl)cc12)C(=O)O.CCC(CC)(Sc1ccnc2ccc(C(F)(F)F)cc12)C(=O)O.CCC(CC)(Sc1ccnc2ccccc12)C(=O)O. The van der Waals surface area contributed by atoms with Crippen molar-refractivity contribution in [2.24, 2.45) is 7.05 Å². The molecule has 0 bridgehead atoms. The lowest BCUT2D eigenvalue weighted by molar-refractivity contribution is -0.141. The molecule has 0 saturated heterocycles. The highest BCUT2D eigenvalue weighted by Gasteiger charge is 2.42. The van der Waals surface area contributed by atoms with Gasteiger partial charge in [-0.1, -0.05) is 135 Å². The fraction of sp³-hybridized carbons (Fsp3) is 0.273. The molecule has 0 atom stereocenters. The zero-order valence-corrected chi connectivity index (χ0v) is 88.1. The third kappa shape index (κ3) is 26.8. The zero-order valence-electron chi connectivity index (χ0n) is 81.7. The van der Waals surface area contributed by atoms with Crippen LogP contribution in [0, 0.1) is 0 Å². The number of aliphatic carboxylic acids is 6. The third-order valence-corrected chi connectivity index (χ3v) is 35.7. The minimum atomic E-state index is -4.45. The average Bonchev–Trinajstić information content (AvgIpc) is 0.797. The summed E-state index contributed by atoms with van der Waals surface area (Å²) in [6, 6.07) is 56.1. The van der Waals surface area contributed by atoms with E-state index < -0.39 is 76.0 Å². The monoisotopic (exact) mass is 2110 g/mol. The van der Waals surface area contributed by atoms with Crippen molar-refractivity contribution >= 4 is 195 Å². The molecule has 0 radical (unpaired) electrons. The number of rotatable bonds is 32. The number of hydrogen-bond acceptors (Lipinski definition) is 22. The van der Waals surface area contributed by atoms with E-state index in [9.17, 15) is 82.2 Å². The van der Waals surface area contributed by atoms with Crippen LogP contribution in [0.4, 0.5) is 13.2 Å². The van der Waals surface area contributed by atoms with Crippen LogP contribution in [0.25, 0.3) is 110 Å². The number of nitrogens with zero attached hydrogens (tertiary/aromatic N) is 9. The average molecular weight is 2120 g/mol. The maximum absolute atomic E-state index is 12.9. The number of fused-ring (bicyclic) bond motifs is 6. The summed E-state index contributed by atoms with van der Waals surface area (Å²) >= 11 is 20.5. The Morgan fingerprint density at radius 1 is 0.331 bits per heavy atom. The molecule has 0 unspecified atom stereocenters. The number of thioether (sulfide) groups is 6. The molecule has 16 aromatic rings.